The Morgan fingerprint density at radius 3 is 2.00 bits per heavy atom. The Kier molecular flexibility index (Phi) is 3.51. The number of nitrogens with zero attached hydrogens (tertiary/aromatic N) is 1. The molecule has 0 aliphatic heterocycles. The minimum atomic E-state index is -0.643. The molecule has 92 valence electrons. The second-order valence-electron chi connectivity index (χ2n) is 4.25. The number of hydrogen-bond donors (Lipinski definition) is 0. The summed E-state index contributed by atoms with van der Waals surface area (Å²) in [5.41, 5.74) is 2.22. The van der Waals surface area contributed by atoms with Crippen LogP contribution in [0.4, 0.5) is 14.5 Å². The molecule has 2 rings (SSSR count). The molecule has 0 saturated heterocycles. The van der Waals surface area contributed by atoms with Gasteiger partial charge >= 0.3 is 0 Å². The lowest BCUT2D eigenvalue weighted by molar-refractivity contribution is 0.586. The molecule has 0 heterocycles. The van der Waals surface area contributed by atoms with Crippen LogP contribution in [0.25, 0.3) is 0 Å². The summed E-state index contributed by atoms with van der Waals surface area (Å²) in [4.78, 5) is 3.87. The second-order valence-corrected chi connectivity index (χ2v) is 4.25. The average Bonchev–Trinajstić information content (AvgIpc) is 2.30. The van der Waals surface area contributed by atoms with E-state index < -0.39 is 11.6 Å². The summed E-state index contributed by atoms with van der Waals surface area (Å²) in [6.07, 6.45) is 1.45. The van der Waals surface area contributed by atoms with Gasteiger partial charge in [0.15, 0.2) is 11.6 Å². The minimum Gasteiger partial charge on any atom is -0.250 e. The summed E-state index contributed by atoms with van der Waals surface area (Å²) in [6, 6.07) is 10.1. The van der Waals surface area contributed by atoms with Crippen molar-refractivity contribution in [2.24, 2.45) is 4.99 Å². The fraction of sp³-hybridized carbons (Fsp3) is 0.133. The topological polar surface area (TPSA) is 12.4 Å². The molecule has 0 radical (unpaired) electrons. The van der Waals surface area contributed by atoms with Gasteiger partial charge in [0.05, 0.1) is 0 Å². The van der Waals surface area contributed by atoms with Crippen molar-refractivity contribution in [1.29, 1.82) is 0 Å². The molecule has 0 aliphatic rings. The summed E-state index contributed by atoms with van der Waals surface area (Å²) in [6.45, 7) is 3.61. The molecular formula is C15H13F2N. The van der Waals surface area contributed by atoms with E-state index in [4.69, 9.17) is 0 Å². The van der Waals surface area contributed by atoms with Gasteiger partial charge in [-0.3, -0.25) is 4.99 Å². The first-order valence-corrected chi connectivity index (χ1v) is 5.62. The zero-order valence-electron chi connectivity index (χ0n) is 10.2. The summed E-state index contributed by atoms with van der Waals surface area (Å²) < 4.78 is 27.0. The Hall–Kier alpha value is -2.03. The van der Waals surface area contributed by atoms with Crippen LogP contribution >= 0.6 is 0 Å². The molecule has 0 N–H and O–H groups in total. The molecular weight excluding hydrogens is 232 g/mol. The van der Waals surface area contributed by atoms with E-state index >= 15 is 0 Å². The lowest BCUT2D eigenvalue weighted by Crippen LogP contribution is -1.87. The van der Waals surface area contributed by atoms with E-state index in [-0.39, 0.29) is 5.69 Å². The molecule has 2 aromatic carbocycles. The van der Waals surface area contributed by atoms with Gasteiger partial charge in [0.25, 0.3) is 0 Å². The highest BCUT2D eigenvalue weighted by atomic mass is 19.1. The first kappa shape index (κ1) is 12.4. The Labute approximate surface area is 105 Å². The van der Waals surface area contributed by atoms with E-state index in [1.807, 2.05) is 31.2 Å². The van der Waals surface area contributed by atoms with Crippen LogP contribution in [-0.2, 0) is 0 Å². The first-order chi connectivity index (χ1) is 8.56. The van der Waals surface area contributed by atoms with Crippen LogP contribution in [0.2, 0.25) is 0 Å². The monoisotopic (exact) mass is 245 g/mol. The van der Waals surface area contributed by atoms with Crippen LogP contribution in [0.1, 0.15) is 16.7 Å². The van der Waals surface area contributed by atoms with Crippen LogP contribution in [-0.4, -0.2) is 6.21 Å². The van der Waals surface area contributed by atoms with Gasteiger partial charge < -0.3 is 0 Å². The van der Waals surface area contributed by atoms with Gasteiger partial charge in [0, 0.05) is 6.21 Å². The van der Waals surface area contributed by atoms with Crippen LogP contribution < -0.4 is 0 Å². The van der Waals surface area contributed by atoms with Crippen molar-refractivity contribution < 1.29 is 8.78 Å². The molecule has 2 aromatic rings. The molecule has 18 heavy (non-hydrogen) atoms. The number of aryl methyl sites for hydroxylation is 2. The zero-order chi connectivity index (χ0) is 13.1. The van der Waals surface area contributed by atoms with Crippen molar-refractivity contribution in [3.63, 3.8) is 0 Å². The van der Waals surface area contributed by atoms with Crippen molar-refractivity contribution >= 4 is 11.9 Å². The molecule has 0 amide bonds. The maximum atomic E-state index is 13.5. The van der Waals surface area contributed by atoms with Gasteiger partial charge in [-0.05, 0) is 37.1 Å². The van der Waals surface area contributed by atoms with Gasteiger partial charge in [-0.2, -0.15) is 0 Å². The van der Waals surface area contributed by atoms with Crippen LogP contribution in [0.15, 0.2) is 41.4 Å². The summed E-state index contributed by atoms with van der Waals surface area (Å²) in [5, 5.41) is 0. The van der Waals surface area contributed by atoms with Crippen LogP contribution in [0, 0.1) is 25.5 Å². The maximum absolute atomic E-state index is 13.5. The average molecular weight is 245 g/mol. The van der Waals surface area contributed by atoms with E-state index in [2.05, 4.69) is 4.99 Å². The smallest absolute Gasteiger partial charge is 0.152 e. The Morgan fingerprint density at radius 2 is 1.44 bits per heavy atom. The van der Waals surface area contributed by atoms with Gasteiger partial charge in [-0.25, -0.2) is 8.78 Å². The van der Waals surface area contributed by atoms with Crippen LogP contribution in [0.3, 0.4) is 0 Å². The van der Waals surface area contributed by atoms with E-state index in [0.29, 0.717) is 5.56 Å². The number of hydrogen-bond acceptors (Lipinski definition) is 1. The SMILES string of the molecule is Cc1ccc(/C=N/c2c(F)cc(C)cc2F)cc1. The van der Waals surface area contributed by atoms with Gasteiger partial charge in [-0.15, -0.1) is 0 Å². The molecule has 0 unspecified atom stereocenters. The maximum Gasteiger partial charge on any atom is 0.152 e. The molecule has 0 fully saturated rings. The quantitative estimate of drug-likeness (QED) is 0.698. The number of halogens is 2. The summed E-state index contributed by atoms with van der Waals surface area (Å²) in [7, 11) is 0. The van der Waals surface area contributed by atoms with E-state index in [1.165, 1.54) is 18.3 Å². The molecule has 3 heteroatoms. The predicted octanol–water partition coefficient (Wildman–Crippen LogP) is 4.33. The zero-order valence-corrected chi connectivity index (χ0v) is 10.2. The van der Waals surface area contributed by atoms with Crippen molar-refractivity contribution in [2.75, 3.05) is 0 Å². The molecule has 0 atom stereocenters. The van der Waals surface area contributed by atoms with Crippen LogP contribution in [0.5, 0.6) is 0 Å². The highest BCUT2D eigenvalue weighted by Gasteiger charge is 2.07. The Morgan fingerprint density at radius 1 is 0.889 bits per heavy atom. The van der Waals surface area contributed by atoms with Crippen molar-refractivity contribution in [1.82, 2.24) is 0 Å². The van der Waals surface area contributed by atoms with Crippen molar-refractivity contribution in [3.05, 3.63) is 64.7 Å². The van der Waals surface area contributed by atoms with Crippen molar-refractivity contribution in [3.8, 4) is 0 Å². The summed E-state index contributed by atoms with van der Waals surface area (Å²) in [5.74, 6) is -1.29. The minimum absolute atomic E-state index is 0.249. The fourth-order valence-corrected chi connectivity index (χ4v) is 1.61. The first-order valence-electron chi connectivity index (χ1n) is 5.62. The molecule has 0 aliphatic carbocycles. The standard InChI is InChI=1S/C15H13F2N/c1-10-3-5-12(6-4-10)9-18-15-13(16)7-11(2)8-14(15)17/h3-9H,1-2H3/b18-9+. The number of rotatable bonds is 2. The molecule has 0 aromatic heterocycles. The highest BCUT2D eigenvalue weighted by molar-refractivity contribution is 5.82. The third-order valence-corrected chi connectivity index (χ3v) is 2.58. The molecule has 1 nitrogen and oxygen atoms in total. The molecule has 0 spiro atoms. The normalized spacial score (nSPS) is 11.1. The predicted molar refractivity (Wildman–Crippen MR) is 69.5 cm³/mol. The summed E-state index contributed by atoms with van der Waals surface area (Å²) >= 11 is 0. The largest absolute Gasteiger partial charge is 0.250 e. The number of benzene rings is 2. The molecule has 0 saturated carbocycles. The van der Waals surface area contributed by atoms with Crippen molar-refractivity contribution in [2.45, 2.75) is 13.8 Å². The lowest BCUT2D eigenvalue weighted by Gasteiger charge is -2.01. The van der Waals surface area contributed by atoms with Gasteiger partial charge in [0.1, 0.15) is 5.69 Å². The molecule has 0 bridgehead atoms. The number of aliphatic imine (C=N–C) groups is 1. The lowest BCUT2D eigenvalue weighted by atomic mass is 10.2. The van der Waals surface area contributed by atoms with E-state index in [9.17, 15) is 8.78 Å². The Balaban J connectivity index is 2.31. The third kappa shape index (κ3) is 2.80. The van der Waals surface area contributed by atoms with E-state index in [0.717, 1.165) is 11.1 Å². The fourth-order valence-electron chi connectivity index (χ4n) is 1.61. The third-order valence-electron chi connectivity index (χ3n) is 2.58. The Bertz CT molecular complexity index is 563. The van der Waals surface area contributed by atoms with Gasteiger partial charge in [-0.1, -0.05) is 29.8 Å². The van der Waals surface area contributed by atoms with Gasteiger partial charge in [0.2, 0.25) is 0 Å². The second kappa shape index (κ2) is 5.08. The van der Waals surface area contributed by atoms with E-state index in [1.54, 1.807) is 6.92 Å². The highest BCUT2D eigenvalue weighted by Crippen LogP contribution is 2.23.